The molecular formula is C13H15N5O. The maximum atomic E-state index is 12.2. The van der Waals surface area contributed by atoms with Crippen molar-refractivity contribution in [1.29, 1.82) is 0 Å². The van der Waals surface area contributed by atoms with Crippen LogP contribution in [0.1, 0.15) is 23.1 Å². The molecular weight excluding hydrogens is 242 g/mol. The molecule has 0 aliphatic heterocycles. The van der Waals surface area contributed by atoms with Crippen molar-refractivity contribution in [2.75, 3.05) is 12.3 Å². The average Bonchev–Trinajstić information content (AvgIpc) is 2.46. The Morgan fingerprint density at radius 3 is 2.68 bits per heavy atom. The van der Waals surface area contributed by atoms with Crippen LogP contribution in [0.15, 0.2) is 36.5 Å². The van der Waals surface area contributed by atoms with Crippen LogP contribution in [-0.4, -0.2) is 32.5 Å². The minimum atomic E-state index is -0.180. The van der Waals surface area contributed by atoms with Gasteiger partial charge in [-0.15, -0.1) is 10.2 Å². The largest absolute Gasteiger partial charge is 0.382 e. The second kappa shape index (κ2) is 5.90. The molecule has 0 unspecified atom stereocenters. The number of rotatable bonds is 4. The van der Waals surface area contributed by atoms with Crippen LogP contribution in [0, 0.1) is 0 Å². The fourth-order valence-corrected chi connectivity index (χ4v) is 1.63. The van der Waals surface area contributed by atoms with E-state index >= 15 is 0 Å². The number of carbonyl (C=O) groups is 1. The molecule has 0 radical (unpaired) electrons. The molecule has 0 saturated heterocycles. The summed E-state index contributed by atoms with van der Waals surface area (Å²) in [5, 5.41) is 7.49. The van der Waals surface area contributed by atoms with Crippen molar-refractivity contribution >= 4 is 11.7 Å². The van der Waals surface area contributed by atoms with Gasteiger partial charge in [-0.25, -0.2) is 0 Å². The molecule has 0 aliphatic rings. The minimum Gasteiger partial charge on any atom is -0.382 e. The summed E-state index contributed by atoms with van der Waals surface area (Å²) >= 11 is 0. The van der Waals surface area contributed by atoms with Crippen LogP contribution < -0.4 is 5.73 Å². The van der Waals surface area contributed by atoms with Gasteiger partial charge < -0.3 is 10.6 Å². The first kappa shape index (κ1) is 12.9. The molecule has 2 aromatic rings. The second-order valence-corrected chi connectivity index (χ2v) is 3.98. The number of amides is 1. The maximum absolute atomic E-state index is 12.2. The highest BCUT2D eigenvalue weighted by Crippen LogP contribution is 2.07. The van der Waals surface area contributed by atoms with Crippen molar-refractivity contribution in [1.82, 2.24) is 20.1 Å². The van der Waals surface area contributed by atoms with Crippen molar-refractivity contribution in [3.8, 4) is 0 Å². The van der Waals surface area contributed by atoms with Crippen LogP contribution in [-0.2, 0) is 6.54 Å². The number of pyridine rings is 1. The molecule has 0 aromatic carbocycles. The highest BCUT2D eigenvalue weighted by molar-refractivity contribution is 5.92. The molecule has 0 fully saturated rings. The Hall–Kier alpha value is -2.50. The number of carbonyl (C=O) groups excluding carboxylic acids is 1. The smallest absolute Gasteiger partial charge is 0.274 e. The number of nitrogens with zero attached hydrogens (tertiary/aromatic N) is 4. The Morgan fingerprint density at radius 2 is 2.11 bits per heavy atom. The molecule has 2 N–H and O–H groups in total. The van der Waals surface area contributed by atoms with Gasteiger partial charge in [0.05, 0.1) is 12.2 Å². The van der Waals surface area contributed by atoms with Gasteiger partial charge in [0.25, 0.3) is 5.91 Å². The third-order valence-corrected chi connectivity index (χ3v) is 2.65. The molecule has 2 aromatic heterocycles. The van der Waals surface area contributed by atoms with Crippen LogP contribution in [0.5, 0.6) is 0 Å². The van der Waals surface area contributed by atoms with Gasteiger partial charge in [0.15, 0.2) is 5.69 Å². The van der Waals surface area contributed by atoms with E-state index < -0.39 is 0 Å². The SMILES string of the molecule is CCN(Cc1ccccn1)C(=O)c1ccc(N)nn1. The fraction of sp³-hybridized carbons (Fsp3) is 0.231. The van der Waals surface area contributed by atoms with E-state index in [1.807, 2.05) is 25.1 Å². The van der Waals surface area contributed by atoms with Crippen molar-refractivity contribution in [2.45, 2.75) is 13.5 Å². The van der Waals surface area contributed by atoms with Crippen LogP contribution in [0.2, 0.25) is 0 Å². The number of nitrogens with two attached hydrogens (primary N) is 1. The second-order valence-electron chi connectivity index (χ2n) is 3.98. The molecule has 98 valence electrons. The van der Waals surface area contributed by atoms with E-state index in [2.05, 4.69) is 15.2 Å². The summed E-state index contributed by atoms with van der Waals surface area (Å²) in [5.41, 5.74) is 6.57. The first-order chi connectivity index (χ1) is 9.20. The maximum Gasteiger partial charge on any atom is 0.274 e. The summed E-state index contributed by atoms with van der Waals surface area (Å²) in [6, 6.07) is 8.75. The quantitative estimate of drug-likeness (QED) is 0.887. The summed E-state index contributed by atoms with van der Waals surface area (Å²) in [6.45, 7) is 2.93. The van der Waals surface area contributed by atoms with Gasteiger partial charge in [0, 0.05) is 12.7 Å². The van der Waals surface area contributed by atoms with Crippen LogP contribution in [0.25, 0.3) is 0 Å². The lowest BCUT2D eigenvalue weighted by molar-refractivity contribution is 0.0743. The molecule has 0 spiro atoms. The van der Waals surface area contributed by atoms with E-state index in [1.165, 1.54) is 0 Å². The number of nitrogen functional groups attached to an aromatic ring is 1. The zero-order valence-electron chi connectivity index (χ0n) is 10.7. The highest BCUT2D eigenvalue weighted by atomic mass is 16.2. The number of hydrogen-bond acceptors (Lipinski definition) is 5. The first-order valence-electron chi connectivity index (χ1n) is 5.99. The number of aromatic nitrogens is 3. The Bertz CT molecular complexity index is 541. The molecule has 0 aliphatic carbocycles. The molecule has 2 heterocycles. The standard InChI is InChI=1S/C13H15N5O/c1-2-18(9-10-5-3-4-8-15-10)13(19)11-6-7-12(14)17-16-11/h3-8H,2,9H2,1H3,(H2,14,17). The molecule has 6 heteroatoms. The molecule has 19 heavy (non-hydrogen) atoms. The molecule has 2 rings (SSSR count). The zero-order valence-corrected chi connectivity index (χ0v) is 10.7. The Labute approximate surface area is 111 Å². The summed E-state index contributed by atoms with van der Waals surface area (Å²) in [4.78, 5) is 18.1. The van der Waals surface area contributed by atoms with E-state index in [0.29, 0.717) is 18.9 Å². The predicted octanol–water partition coefficient (Wildman–Crippen LogP) is 1.12. The lowest BCUT2D eigenvalue weighted by atomic mass is 10.3. The summed E-state index contributed by atoms with van der Waals surface area (Å²) < 4.78 is 0. The summed E-state index contributed by atoms with van der Waals surface area (Å²) in [6.07, 6.45) is 1.71. The van der Waals surface area contributed by atoms with Crippen LogP contribution in [0.3, 0.4) is 0 Å². The Kier molecular flexibility index (Phi) is 4.02. The molecule has 1 amide bonds. The fourth-order valence-electron chi connectivity index (χ4n) is 1.63. The third kappa shape index (κ3) is 3.25. The van der Waals surface area contributed by atoms with Gasteiger partial charge in [-0.3, -0.25) is 9.78 Å². The third-order valence-electron chi connectivity index (χ3n) is 2.65. The summed E-state index contributed by atoms with van der Waals surface area (Å²) in [5.74, 6) is 0.116. The van der Waals surface area contributed by atoms with E-state index in [-0.39, 0.29) is 11.6 Å². The molecule has 0 atom stereocenters. The number of hydrogen-bond donors (Lipinski definition) is 1. The van der Waals surface area contributed by atoms with E-state index in [4.69, 9.17) is 5.73 Å². The van der Waals surface area contributed by atoms with Crippen LogP contribution >= 0.6 is 0 Å². The van der Waals surface area contributed by atoms with Gasteiger partial charge in [-0.05, 0) is 31.2 Å². The number of anilines is 1. The molecule has 0 bridgehead atoms. The Morgan fingerprint density at radius 1 is 1.26 bits per heavy atom. The van der Waals surface area contributed by atoms with Gasteiger partial charge in [-0.2, -0.15) is 0 Å². The van der Waals surface area contributed by atoms with Crippen molar-refractivity contribution in [3.05, 3.63) is 47.9 Å². The Balaban J connectivity index is 2.13. The zero-order chi connectivity index (χ0) is 13.7. The van der Waals surface area contributed by atoms with Gasteiger partial charge in [-0.1, -0.05) is 6.07 Å². The van der Waals surface area contributed by atoms with Crippen molar-refractivity contribution in [2.24, 2.45) is 0 Å². The average molecular weight is 257 g/mol. The van der Waals surface area contributed by atoms with E-state index in [1.54, 1.807) is 23.2 Å². The molecule has 6 nitrogen and oxygen atoms in total. The van der Waals surface area contributed by atoms with Gasteiger partial charge in [0.1, 0.15) is 5.82 Å². The van der Waals surface area contributed by atoms with E-state index in [9.17, 15) is 4.79 Å². The van der Waals surface area contributed by atoms with E-state index in [0.717, 1.165) is 5.69 Å². The van der Waals surface area contributed by atoms with Gasteiger partial charge >= 0.3 is 0 Å². The monoisotopic (exact) mass is 257 g/mol. The van der Waals surface area contributed by atoms with Crippen molar-refractivity contribution in [3.63, 3.8) is 0 Å². The van der Waals surface area contributed by atoms with Gasteiger partial charge in [0.2, 0.25) is 0 Å². The lowest BCUT2D eigenvalue weighted by Crippen LogP contribution is -2.31. The minimum absolute atomic E-state index is 0.180. The normalized spacial score (nSPS) is 10.2. The predicted molar refractivity (Wildman–Crippen MR) is 71.1 cm³/mol. The van der Waals surface area contributed by atoms with Crippen molar-refractivity contribution < 1.29 is 4.79 Å². The lowest BCUT2D eigenvalue weighted by Gasteiger charge is -2.19. The highest BCUT2D eigenvalue weighted by Gasteiger charge is 2.16. The first-order valence-corrected chi connectivity index (χ1v) is 5.99. The summed E-state index contributed by atoms with van der Waals surface area (Å²) in [7, 11) is 0. The topological polar surface area (TPSA) is 85.0 Å². The molecule has 0 saturated carbocycles. The van der Waals surface area contributed by atoms with Crippen LogP contribution in [0.4, 0.5) is 5.82 Å².